The molecule has 0 aromatic heterocycles. The predicted octanol–water partition coefficient (Wildman–Crippen LogP) is 8.42. The summed E-state index contributed by atoms with van der Waals surface area (Å²) < 4.78 is 66.4. The van der Waals surface area contributed by atoms with E-state index in [1.54, 1.807) is 18.2 Å². The number of nitrogens with zero attached hydrogens (tertiary/aromatic N) is 3. The van der Waals surface area contributed by atoms with Crippen LogP contribution in [0.3, 0.4) is 0 Å². The van der Waals surface area contributed by atoms with Crippen molar-refractivity contribution >= 4 is 6.21 Å². The van der Waals surface area contributed by atoms with Crippen LogP contribution >= 0.6 is 0 Å². The van der Waals surface area contributed by atoms with Crippen LogP contribution in [-0.2, 0) is 13.0 Å². The third kappa shape index (κ3) is 8.00. The number of alkyl halides is 3. The van der Waals surface area contributed by atoms with E-state index in [4.69, 9.17) is 4.74 Å². The van der Waals surface area contributed by atoms with Crippen LogP contribution in [0.5, 0.6) is 5.75 Å². The van der Waals surface area contributed by atoms with E-state index in [2.05, 4.69) is 16.5 Å². The summed E-state index contributed by atoms with van der Waals surface area (Å²) in [5.41, 5.74) is 3.03. The van der Waals surface area contributed by atoms with Gasteiger partial charge < -0.3 is 9.64 Å². The molecule has 0 saturated carbocycles. The monoisotopic (exact) mass is 609 g/mol. The Kier molecular flexibility index (Phi) is 11.3. The molecule has 2 aromatic rings. The first-order valence-corrected chi connectivity index (χ1v) is 15.9. The lowest BCUT2D eigenvalue weighted by Crippen LogP contribution is -2.49. The largest absolute Gasteiger partial charge is 0.489 e. The molecule has 0 spiro atoms. The molecule has 0 bridgehead atoms. The van der Waals surface area contributed by atoms with Gasteiger partial charge in [-0.05, 0) is 92.1 Å². The number of benzene rings is 2. The van der Waals surface area contributed by atoms with Gasteiger partial charge in [-0.2, -0.15) is 0 Å². The van der Waals surface area contributed by atoms with E-state index < -0.39 is 43.0 Å². The molecule has 0 radical (unpaired) electrons. The fourth-order valence-electron chi connectivity index (χ4n) is 6.63. The van der Waals surface area contributed by atoms with Crippen LogP contribution in [0.25, 0.3) is 0 Å². The van der Waals surface area contributed by atoms with Crippen molar-refractivity contribution in [2.45, 2.75) is 76.2 Å². The minimum absolute atomic E-state index is 0.371. The molecule has 4 nitrogen and oxygen atoms in total. The van der Waals surface area contributed by atoms with Gasteiger partial charge in [0.05, 0.1) is 12.5 Å². The maximum absolute atomic E-state index is 16.3. The van der Waals surface area contributed by atoms with Crippen molar-refractivity contribution in [3.05, 3.63) is 102 Å². The number of hydrogen-bond acceptors (Lipinski definition) is 4. The molecule has 5 rings (SSSR count). The summed E-state index contributed by atoms with van der Waals surface area (Å²) in [5, 5.41) is 0. The molecule has 3 aliphatic rings. The van der Waals surface area contributed by atoms with Crippen molar-refractivity contribution in [3.63, 3.8) is 0 Å². The molecule has 0 saturated heterocycles. The van der Waals surface area contributed by atoms with E-state index in [1.807, 2.05) is 42.6 Å². The summed E-state index contributed by atoms with van der Waals surface area (Å²) in [4.78, 5) is 8.05. The third-order valence-corrected chi connectivity index (χ3v) is 8.85. The Labute approximate surface area is 258 Å². The van der Waals surface area contributed by atoms with Gasteiger partial charge in [-0.25, -0.2) is 17.6 Å². The fraction of sp³-hybridized carbons (Fsp3) is 0.472. The highest BCUT2D eigenvalue weighted by Crippen LogP contribution is 2.47. The lowest BCUT2D eigenvalue weighted by Gasteiger charge is -2.46. The first kappa shape index (κ1) is 32.0. The number of ether oxygens (including phenoxy) is 1. The second-order valence-electron chi connectivity index (χ2n) is 11.9. The molecule has 2 aromatic carbocycles. The van der Waals surface area contributed by atoms with E-state index in [1.165, 1.54) is 17.1 Å². The lowest BCUT2D eigenvalue weighted by atomic mass is 9.77. The van der Waals surface area contributed by atoms with Crippen LogP contribution in [0.2, 0.25) is 0 Å². The zero-order valence-corrected chi connectivity index (χ0v) is 25.3. The molecule has 0 N–H and O–H groups in total. The maximum Gasteiger partial charge on any atom is 0.251 e. The molecule has 0 fully saturated rings. The summed E-state index contributed by atoms with van der Waals surface area (Å²) in [7, 11) is 0. The first-order chi connectivity index (χ1) is 21.4. The van der Waals surface area contributed by atoms with Gasteiger partial charge in [-0.1, -0.05) is 42.5 Å². The van der Waals surface area contributed by atoms with Gasteiger partial charge in [-0.15, -0.1) is 6.58 Å². The number of halogens is 4. The Hall–Kier alpha value is -3.39. The predicted molar refractivity (Wildman–Crippen MR) is 169 cm³/mol. The number of aliphatic imine (C=N–C) groups is 1. The van der Waals surface area contributed by atoms with Crippen LogP contribution in [0.4, 0.5) is 17.6 Å². The highest BCUT2D eigenvalue weighted by atomic mass is 19.3. The lowest BCUT2D eigenvalue weighted by molar-refractivity contribution is 0.0137. The normalized spacial score (nSPS) is 25.3. The zero-order valence-electron chi connectivity index (χ0n) is 25.3. The quantitative estimate of drug-likeness (QED) is 0.222. The Morgan fingerprint density at radius 3 is 2.57 bits per heavy atom. The van der Waals surface area contributed by atoms with Crippen LogP contribution in [0.1, 0.15) is 61.3 Å². The summed E-state index contributed by atoms with van der Waals surface area (Å²) >= 11 is 0. The second-order valence-corrected chi connectivity index (χ2v) is 11.9. The summed E-state index contributed by atoms with van der Waals surface area (Å²) in [5.74, 6) is -1.24. The molecular weight excluding hydrogens is 566 g/mol. The van der Waals surface area contributed by atoms with Gasteiger partial charge in [0, 0.05) is 37.4 Å². The van der Waals surface area contributed by atoms with Gasteiger partial charge in [-0.3, -0.25) is 9.89 Å². The third-order valence-electron chi connectivity index (χ3n) is 8.85. The average Bonchev–Trinajstić information content (AvgIpc) is 3.00. The van der Waals surface area contributed by atoms with E-state index in [0.29, 0.717) is 43.1 Å². The van der Waals surface area contributed by atoms with Crippen molar-refractivity contribution in [2.24, 2.45) is 10.9 Å². The summed E-state index contributed by atoms with van der Waals surface area (Å²) in [6, 6.07) is 13.8. The Balaban J connectivity index is 1.42. The second kappa shape index (κ2) is 15.6. The van der Waals surface area contributed by atoms with Crippen molar-refractivity contribution in [3.8, 4) is 5.75 Å². The molecule has 4 atom stereocenters. The minimum atomic E-state index is -2.66. The molecule has 44 heavy (non-hydrogen) atoms. The first-order valence-electron chi connectivity index (χ1n) is 15.9. The maximum atomic E-state index is 16.3. The smallest absolute Gasteiger partial charge is 0.251 e. The number of hydrogen-bond donors (Lipinski definition) is 0. The van der Waals surface area contributed by atoms with E-state index in [0.717, 1.165) is 56.2 Å². The van der Waals surface area contributed by atoms with Crippen molar-refractivity contribution in [1.29, 1.82) is 0 Å². The number of allylic oxidation sites excluding steroid dienone is 2. The topological polar surface area (TPSA) is 28.1 Å². The van der Waals surface area contributed by atoms with Crippen molar-refractivity contribution in [2.75, 3.05) is 26.2 Å². The summed E-state index contributed by atoms with van der Waals surface area (Å²) in [6.45, 7) is 5.90. The Bertz CT molecular complexity index is 1330. The van der Waals surface area contributed by atoms with Crippen LogP contribution in [-0.4, -0.2) is 60.8 Å². The molecule has 1 aliphatic carbocycles. The molecule has 8 heteroatoms. The van der Waals surface area contributed by atoms with Gasteiger partial charge in [0.2, 0.25) is 0 Å². The Morgan fingerprint density at radius 1 is 1.02 bits per heavy atom. The molecular formula is C36H43F4N3O. The molecule has 2 aliphatic heterocycles. The van der Waals surface area contributed by atoms with Gasteiger partial charge in [0.15, 0.2) is 0 Å². The fourth-order valence-corrected chi connectivity index (χ4v) is 6.63. The Morgan fingerprint density at radius 2 is 1.82 bits per heavy atom. The molecule has 236 valence electrons. The van der Waals surface area contributed by atoms with Crippen LogP contribution < -0.4 is 4.74 Å². The highest BCUT2D eigenvalue weighted by Gasteiger charge is 2.45. The van der Waals surface area contributed by atoms with E-state index >= 15 is 8.78 Å². The standard InChI is InChI=1S/C36H43F4N3O/c1-2-28-20-27-21-30(44-25-26-12-6-3-7-13-26)14-15-31(27)36(43(28)24-34(39)40)35-32(37)22-29(23-33(35)38)42-18-10-4-8-16-41-17-9-5-11-19-42/h2-3,6-7,12-16,21-23,28,32,34-36H,1,4-5,8-11,17-20,24-25H2/t28-,32?,35?,36?/m1/s1. The molecule has 3 unspecified atom stereocenters. The molecule has 0 amide bonds. The van der Waals surface area contributed by atoms with Crippen molar-refractivity contribution < 1.29 is 22.3 Å². The van der Waals surface area contributed by atoms with E-state index in [-0.39, 0.29) is 0 Å². The number of rotatable bonds is 8. The minimum Gasteiger partial charge on any atom is -0.489 e. The molecule has 2 heterocycles. The zero-order chi connectivity index (χ0) is 30.9. The van der Waals surface area contributed by atoms with Crippen LogP contribution in [0, 0.1) is 5.92 Å². The van der Waals surface area contributed by atoms with E-state index in [9.17, 15) is 8.78 Å². The van der Waals surface area contributed by atoms with Gasteiger partial charge >= 0.3 is 0 Å². The van der Waals surface area contributed by atoms with Gasteiger partial charge in [0.1, 0.15) is 24.4 Å². The van der Waals surface area contributed by atoms with Crippen molar-refractivity contribution in [1.82, 2.24) is 9.80 Å². The van der Waals surface area contributed by atoms with Crippen LogP contribution in [0.15, 0.2) is 89.9 Å². The number of fused-ring (bicyclic) bond motifs is 1. The van der Waals surface area contributed by atoms with Gasteiger partial charge in [0.25, 0.3) is 6.43 Å². The highest BCUT2D eigenvalue weighted by molar-refractivity contribution is 5.56. The average molecular weight is 610 g/mol. The SMILES string of the molecule is C=C[C@@H]1Cc2cc(OCc3ccccc3)ccc2C(C2C(F)=CC(N3CCCCC=NCCCCC3)=CC2F)N1CC(F)F. The summed E-state index contributed by atoms with van der Waals surface area (Å²) in [6.07, 6.45) is 8.23.